The predicted molar refractivity (Wildman–Crippen MR) is 62.1 cm³/mol. The molecular formula is C10H18BrNO3. The molecule has 1 unspecified atom stereocenters. The summed E-state index contributed by atoms with van der Waals surface area (Å²) in [6, 6.07) is -0.764. The van der Waals surface area contributed by atoms with Gasteiger partial charge in [0.1, 0.15) is 6.04 Å². The lowest BCUT2D eigenvalue weighted by molar-refractivity contribution is -0.141. The number of carbonyl (C=O) groups excluding carboxylic acids is 1. The summed E-state index contributed by atoms with van der Waals surface area (Å²) >= 11 is 3.48. The highest BCUT2D eigenvalue weighted by molar-refractivity contribution is 9.09. The van der Waals surface area contributed by atoms with Crippen LogP contribution in [0.4, 0.5) is 0 Å². The number of hydrogen-bond acceptors (Lipinski definition) is 2. The van der Waals surface area contributed by atoms with Gasteiger partial charge in [0, 0.05) is 11.8 Å². The molecule has 0 spiro atoms. The third kappa shape index (κ3) is 7.36. The topological polar surface area (TPSA) is 66.4 Å². The maximum Gasteiger partial charge on any atom is 0.326 e. The summed E-state index contributed by atoms with van der Waals surface area (Å²) < 4.78 is 0. The number of amides is 1. The van der Waals surface area contributed by atoms with Crippen LogP contribution in [0.1, 0.15) is 39.5 Å². The summed E-state index contributed by atoms with van der Waals surface area (Å²) in [5.41, 5.74) is 0. The molecule has 0 rings (SSSR count). The van der Waals surface area contributed by atoms with E-state index >= 15 is 0 Å². The van der Waals surface area contributed by atoms with Gasteiger partial charge in [-0.1, -0.05) is 29.3 Å². The lowest BCUT2D eigenvalue weighted by Crippen LogP contribution is -2.39. The van der Waals surface area contributed by atoms with Crippen molar-refractivity contribution in [1.29, 1.82) is 0 Å². The maximum absolute atomic E-state index is 10.8. The minimum atomic E-state index is -0.971. The van der Waals surface area contributed by atoms with E-state index in [1.807, 2.05) is 0 Å². The molecule has 4 nitrogen and oxygen atoms in total. The van der Waals surface area contributed by atoms with E-state index in [9.17, 15) is 9.59 Å². The molecule has 0 aliphatic rings. The zero-order valence-electron chi connectivity index (χ0n) is 9.12. The van der Waals surface area contributed by atoms with Crippen molar-refractivity contribution in [3.8, 4) is 0 Å². The summed E-state index contributed by atoms with van der Waals surface area (Å²) in [6.45, 7) is 3.41. The van der Waals surface area contributed by atoms with E-state index in [0.29, 0.717) is 11.2 Å². The highest BCUT2D eigenvalue weighted by Crippen LogP contribution is 2.15. The molecule has 2 N–H and O–H groups in total. The van der Waals surface area contributed by atoms with Gasteiger partial charge in [0.2, 0.25) is 5.91 Å². The molecule has 15 heavy (non-hydrogen) atoms. The van der Waals surface area contributed by atoms with Crippen molar-refractivity contribution in [3.63, 3.8) is 0 Å². The molecule has 0 saturated carbocycles. The molecule has 0 saturated heterocycles. The second-order valence-electron chi connectivity index (χ2n) is 3.55. The Labute approximate surface area is 98.6 Å². The first-order chi connectivity index (χ1) is 6.97. The number of nitrogens with one attached hydrogen (secondary N) is 1. The van der Waals surface area contributed by atoms with E-state index in [4.69, 9.17) is 5.11 Å². The van der Waals surface area contributed by atoms with Gasteiger partial charge in [-0.15, -0.1) is 0 Å². The molecule has 0 bridgehead atoms. The summed E-state index contributed by atoms with van der Waals surface area (Å²) in [4.78, 5) is 21.8. The Bertz CT molecular complexity index is 221. The Kier molecular flexibility index (Phi) is 7.38. The van der Waals surface area contributed by atoms with Gasteiger partial charge < -0.3 is 10.4 Å². The van der Waals surface area contributed by atoms with Crippen molar-refractivity contribution < 1.29 is 14.7 Å². The zero-order valence-corrected chi connectivity index (χ0v) is 10.7. The molecule has 0 heterocycles. The Balaban J connectivity index is 3.96. The van der Waals surface area contributed by atoms with Crippen LogP contribution in [0.25, 0.3) is 0 Å². The molecule has 0 aromatic carbocycles. The molecule has 0 aromatic heterocycles. The van der Waals surface area contributed by atoms with Crippen LogP contribution in [0.15, 0.2) is 0 Å². The van der Waals surface area contributed by atoms with Crippen LogP contribution >= 0.6 is 15.9 Å². The van der Waals surface area contributed by atoms with Gasteiger partial charge >= 0.3 is 5.97 Å². The number of carboxylic acids is 1. The quantitative estimate of drug-likeness (QED) is 0.700. The van der Waals surface area contributed by atoms with E-state index in [1.165, 1.54) is 6.92 Å². The Morgan fingerprint density at radius 3 is 2.33 bits per heavy atom. The Morgan fingerprint density at radius 2 is 1.93 bits per heavy atom. The van der Waals surface area contributed by atoms with E-state index in [2.05, 4.69) is 28.2 Å². The van der Waals surface area contributed by atoms with E-state index in [1.54, 1.807) is 0 Å². The molecule has 0 aliphatic carbocycles. The van der Waals surface area contributed by atoms with Crippen molar-refractivity contribution in [2.45, 2.75) is 50.4 Å². The number of rotatable bonds is 7. The van der Waals surface area contributed by atoms with E-state index in [0.717, 1.165) is 19.3 Å². The normalized spacial score (nSPS) is 14.3. The highest BCUT2D eigenvalue weighted by atomic mass is 79.9. The first-order valence-electron chi connectivity index (χ1n) is 5.11. The average molecular weight is 280 g/mol. The first-order valence-corrected chi connectivity index (χ1v) is 6.02. The van der Waals surface area contributed by atoms with Gasteiger partial charge in [0.05, 0.1) is 0 Å². The zero-order chi connectivity index (χ0) is 11.8. The molecule has 0 radical (unpaired) electrons. The van der Waals surface area contributed by atoms with Crippen LogP contribution in [-0.4, -0.2) is 27.9 Å². The summed E-state index contributed by atoms with van der Waals surface area (Å²) in [5.74, 6) is -1.27. The van der Waals surface area contributed by atoms with Gasteiger partial charge in [-0.05, 0) is 19.3 Å². The molecule has 0 aromatic rings. The van der Waals surface area contributed by atoms with Crippen LogP contribution < -0.4 is 5.32 Å². The predicted octanol–water partition coefficient (Wildman–Crippen LogP) is 1.92. The maximum atomic E-state index is 10.8. The van der Waals surface area contributed by atoms with Crippen molar-refractivity contribution in [1.82, 2.24) is 5.32 Å². The largest absolute Gasteiger partial charge is 0.480 e. The van der Waals surface area contributed by atoms with Crippen molar-refractivity contribution in [2.24, 2.45) is 0 Å². The third-order valence-electron chi connectivity index (χ3n) is 2.05. The standard InChI is InChI=1S/C10H18BrNO3/c1-3-4-8(11)5-6-9(10(14)15)12-7(2)13/h8-9H,3-6H2,1-2H3,(H,12,13)(H,14,15)/t8-,9?/m0/s1. The van der Waals surface area contributed by atoms with Gasteiger partial charge in [-0.25, -0.2) is 4.79 Å². The third-order valence-corrected chi connectivity index (χ3v) is 2.96. The summed E-state index contributed by atoms with van der Waals surface area (Å²) in [5, 5.41) is 11.3. The number of carboxylic acid groups (broad SMARTS) is 1. The number of alkyl halides is 1. The SMILES string of the molecule is CCC[C@H](Br)CCC(NC(C)=O)C(=O)O. The molecule has 0 fully saturated rings. The summed E-state index contributed by atoms with van der Waals surface area (Å²) in [6.07, 6.45) is 3.30. The minimum Gasteiger partial charge on any atom is -0.480 e. The smallest absolute Gasteiger partial charge is 0.326 e. The molecule has 0 aliphatic heterocycles. The summed E-state index contributed by atoms with van der Waals surface area (Å²) in [7, 11) is 0. The van der Waals surface area contributed by atoms with E-state index in [-0.39, 0.29) is 5.91 Å². The Morgan fingerprint density at radius 1 is 1.33 bits per heavy atom. The van der Waals surface area contributed by atoms with Crippen LogP contribution in [0.5, 0.6) is 0 Å². The lowest BCUT2D eigenvalue weighted by atomic mass is 10.1. The lowest BCUT2D eigenvalue weighted by Gasteiger charge is -2.15. The number of hydrogen-bond donors (Lipinski definition) is 2. The van der Waals surface area contributed by atoms with Crippen LogP contribution in [-0.2, 0) is 9.59 Å². The minimum absolute atomic E-state index is 0.302. The second-order valence-corrected chi connectivity index (χ2v) is 4.85. The van der Waals surface area contributed by atoms with Crippen molar-refractivity contribution in [3.05, 3.63) is 0 Å². The fraction of sp³-hybridized carbons (Fsp3) is 0.800. The Hall–Kier alpha value is -0.580. The fourth-order valence-corrected chi connectivity index (χ4v) is 2.03. The number of halogens is 1. The molecule has 1 amide bonds. The van der Waals surface area contributed by atoms with E-state index < -0.39 is 12.0 Å². The highest BCUT2D eigenvalue weighted by Gasteiger charge is 2.19. The van der Waals surface area contributed by atoms with Crippen LogP contribution in [0.3, 0.4) is 0 Å². The van der Waals surface area contributed by atoms with Gasteiger partial charge in [0.15, 0.2) is 0 Å². The fourth-order valence-electron chi connectivity index (χ4n) is 1.31. The monoisotopic (exact) mass is 279 g/mol. The number of carbonyl (C=O) groups is 2. The molecule has 5 heteroatoms. The molecule has 2 atom stereocenters. The first kappa shape index (κ1) is 14.4. The van der Waals surface area contributed by atoms with Gasteiger partial charge in [-0.3, -0.25) is 4.79 Å². The molecular weight excluding hydrogens is 262 g/mol. The average Bonchev–Trinajstić information content (AvgIpc) is 2.11. The second kappa shape index (κ2) is 7.68. The van der Waals surface area contributed by atoms with Crippen LogP contribution in [0.2, 0.25) is 0 Å². The van der Waals surface area contributed by atoms with Gasteiger partial charge in [-0.2, -0.15) is 0 Å². The number of aliphatic carboxylic acids is 1. The van der Waals surface area contributed by atoms with Crippen molar-refractivity contribution in [2.75, 3.05) is 0 Å². The van der Waals surface area contributed by atoms with Crippen LogP contribution in [0, 0.1) is 0 Å². The molecule has 88 valence electrons. The van der Waals surface area contributed by atoms with Crippen molar-refractivity contribution >= 4 is 27.8 Å². The van der Waals surface area contributed by atoms with Gasteiger partial charge in [0.25, 0.3) is 0 Å².